The van der Waals surface area contributed by atoms with Gasteiger partial charge in [-0.25, -0.2) is 4.39 Å². The van der Waals surface area contributed by atoms with Gasteiger partial charge in [0.15, 0.2) is 0 Å². The van der Waals surface area contributed by atoms with Gasteiger partial charge < -0.3 is 10.6 Å². The van der Waals surface area contributed by atoms with Gasteiger partial charge >= 0.3 is 0 Å². The maximum Gasteiger partial charge on any atom is 0.227 e. The van der Waals surface area contributed by atoms with Gasteiger partial charge in [0, 0.05) is 13.1 Å². The minimum absolute atomic E-state index is 0.0438. The molecule has 4 heteroatoms. The van der Waals surface area contributed by atoms with Crippen molar-refractivity contribution in [2.24, 2.45) is 11.7 Å². The molecule has 1 aromatic carbocycles. The van der Waals surface area contributed by atoms with Crippen molar-refractivity contribution in [3.63, 3.8) is 0 Å². The van der Waals surface area contributed by atoms with Crippen molar-refractivity contribution >= 4 is 5.91 Å². The molecule has 96 valence electrons. The molecule has 0 radical (unpaired) electrons. The van der Waals surface area contributed by atoms with E-state index in [4.69, 9.17) is 5.73 Å². The Balaban J connectivity index is 1.57. The van der Waals surface area contributed by atoms with E-state index in [-0.39, 0.29) is 23.7 Å². The molecule has 1 saturated carbocycles. The number of hydrogen-bond acceptors (Lipinski definition) is 2. The zero-order valence-corrected chi connectivity index (χ0v) is 10.2. The molecule has 18 heavy (non-hydrogen) atoms. The molecule has 1 heterocycles. The number of likely N-dealkylation sites (tertiary alicyclic amines) is 1. The van der Waals surface area contributed by atoms with Crippen LogP contribution in [0.1, 0.15) is 18.4 Å². The van der Waals surface area contributed by atoms with Gasteiger partial charge in [0.05, 0.1) is 12.0 Å². The van der Waals surface area contributed by atoms with E-state index in [2.05, 4.69) is 0 Å². The predicted molar refractivity (Wildman–Crippen MR) is 66.3 cm³/mol. The smallest absolute Gasteiger partial charge is 0.227 e. The van der Waals surface area contributed by atoms with Crippen LogP contribution < -0.4 is 5.73 Å². The maximum atomic E-state index is 13.0. The Hall–Kier alpha value is -1.42. The molecule has 1 aliphatic heterocycles. The molecule has 0 bridgehead atoms. The van der Waals surface area contributed by atoms with E-state index in [0.29, 0.717) is 19.0 Å². The summed E-state index contributed by atoms with van der Waals surface area (Å²) < 4.78 is 13.0. The zero-order chi connectivity index (χ0) is 12.8. The molecule has 2 aliphatic rings. The minimum Gasteiger partial charge on any atom is -0.339 e. The lowest BCUT2D eigenvalue weighted by Gasteiger charge is -2.48. The summed E-state index contributed by atoms with van der Waals surface area (Å²) >= 11 is 0. The van der Waals surface area contributed by atoms with Crippen LogP contribution in [0.15, 0.2) is 24.3 Å². The predicted octanol–water partition coefficient (Wildman–Crippen LogP) is 1.32. The highest BCUT2D eigenvalue weighted by molar-refractivity contribution is 5.80. The molecule has 3 rings (SSSR count). The number of nitrogens with two attached hydrogens (primary N) is 1. The second kappa shape index (κ2) is 4.05. The van der Waals surface area contributed by atoms with Crippen LogP contribution in [-0.2, 0) is 11.2 Å². The van der Waals surface area contributed by atoms with Crippen LogP contribution >= 0.6 is 0 Å². The number of amides is 1. The average molecular weight is 248 g/mol. The third-order valence-corrected chi connectivity index (χ3v) is 3.96. The first-order chi connectivity index (χ1) is 8.57. The van der Waals surface area contributed by atoms with Crippen molar-refractivity contribution in [1.29, 1.82) is 0 Å². The molecule has 1 aliphatic carbocycles. The van der Waals surface area contributed by atoms with Crippen LogP contribution in [0.5, 0.6) is 0 Å². The van der Waals surface area contributed by atoms with Gasteiger partial charge in [-0.3, -0.25) is 4.79 Å². The van der Waals surface area contributed by atoms with Gasteiger partial charge in [0.1, 0.15) is 5.82 Å². The van der Waals surface area contributed by atoms with E-state index in [0.717, 1.165) is 5.56 Å². The van der Waals surface area contributed by atoms with E-state index in [9.17, 15) is 9.18 Å². The largest absolute Gasteiger partial charge is 0.339 e. The Morgan fingerprint density at radius 3 is 2.78 bits per heavy atom. The summed E-state index contributed by atoms with van der Waals surface area (Å²) in [5.74, 6) is 0.355. The quantitative estimate of drug-likeness (QED) is 0.877. The Labute approximate surface area is 106 Å². The fourth-order valence-corrected chi connectivity index (χ4v) is 2.69. The van der Waals surface area contributed by atoms with E-state index < -0.39 is 0 Å². The molecular formula is C14H17FN2O. The zero-order valence-electron chi connectivity index (χ0n) is 10.2. The lowest BCUT2D eigenvalue weighted by atomic mass is 9.85. The molecule has 2 fully saturated rings. The van der Waals surface area contributed by atoms with Crippen LogP contribution in [0.4, 0.5) is 4.39 Å². The van der Waals surface area contributed by atoms with Crippen molar-refractivity contribution < 1.29 is 9.18 Å². The molecule has 0 aromatic heterocycles. The van der Waals surface area contributed by atoms with Crippen molar-refractivity contribution in [1.82, 2.24) is 4.90 Å². The average Bonchev–Trinajstić information content (AvgIpc) is 3.08. The fourth-order valence-electron chi connectivity index (χ4n) is 2.69. The first kappa shape index (κ1) is 11.7. The highest BCUT2D eigenvalue weighted by atomic mass is 19.1. The van der Waals surface area contributed by atoms with Gasteiger partial charge in [-0.1, -0.05) is 12.1 Å². The van der Waals surface area contributed by atoms with E-state index in [1.165, 1.54) is 25.0 Å². The Kier molecular flexibility index (Phi) is 2.63. The molecule has 1 saturated heterocycles. The monoisotopic (exact) mass is 248 g/mol. The lowest BCUT2D eigenvalue weighted by molar-refractivity contribution is -0.138. The van der Waals surface area contributed by atoms with E-state index in [1.807, 2.05) is 0 Å². The Morgan fingerprint density at radius 1 is 1.44 bits per heavy atom. The molecule has 2 N–H and O–H groups in total. The minimum atomic E-state index is -0.296. The van der Waals surface area contributed by atoms with Crippen LogP contribution in [0.2, 0.25) is 0 Å². The third kappa shape index (κ3) is 2.12. The van der Waals surface area contributed by atoms with Crippen molar-refractivity contribution in [2.45, 2.75) is 24.8 Å². The van der Waals surface area contributed by atoms with E-state index in [1.54, 1.807) is 17.0 Å². The second-order valence-electron chi connectivity index (χ2n) is 5.56. The van der Waals surface area contributed by atoms with Crippen LogP contribution in [-0.4, -0.2) is 29.4 Å². The third-order valence-electron chi connectivity index (χ3n) is 3.96. The topological polar surface area (TPSA) is 46.3 Å². The molecule has 3 nitrogen and oxygen atoms in total. The van der Waals surface area contributed by atoms with Gasteiger partial charge in [0.25, 0.3) is 0 Å². The fraction of sp³-hybridized carbons (Fsp3) is 0.500. The highest BCUT2D eigenvalue weighted by Crippen LogP contribution is 2.42. The summed E-state index contributed by atoms with van der Waals surface area (Å²) in [6.45, 7) is 1.32. The molecule has 0 unspecified atom stereocenters. The van der Waals surface area contributed by atoms with Crippen molar-refractivity contribution in [3.05, 3.63) is 35.6 Å². The number of halogens is 1. The normalized spacial score (nSPS) is 21.6. The highest BCUT2D eigenvalue weighted by Gasteiger charge is 2.51. The molecule has 0 atom stereocenters. The van der Waals surface area contributed by atoms with Crippen LogP contribution in [0.3, 0.4) is 0 Å². The number of nitrogens with zero attached hydrogens (tertiary/aromatic N) is 1. The van der Waals surface area contributed by atoms with Crippen molar-refractivity contribution in [3.8, 4) is 0 Å². The summed E-state index contributed by atoms with van der Waals surface area (Å²) in [4.78, 5) is 13.8. The Bertz CT molecular complexity index is 478. The Morgan fingerprint density at radius 2 is 2.17 bits per heavy atom. The summed E-state index contributed by atoms with van der Waals surface area (Å²) in [5.41, 5.74) is 6.78. The summed E-state index contributed by atoms with van der Waals surface area (Å²) in [7, 11) is 0. The second-order valence-corrected chi connectivity index (χ2v) is 5.56. The number of carbonyl (C=O) groups excluding carboxylic acids is 1. The van der Waals surface area contributed by atoms with Gasteiger partial charge in [-0.2, -0.15) is 0 Å². The van der Waals surface area contributed by atoms with Crippen molar-refractivity contribution in [2.75, 3.05) is 13.1 Å². The molecule has 1 amide bonds. The molecule has 1 aromatic rings. The first-order valence-electron chi connectivity index (χ1n) is 6.38. The summed E-state index contributed by atoms with van der Waals surface area (Å²) in [5, 5.41) is 0. The van der Waals surface area contributed by atoms with Gasteiger partial charge in [0.2, 0.25) is 5.91 Å². The van der Waals surface area contributed by atoms with Gasteiger partial charge in [-0.15, -0.1) is 0 Å². The van der Waals surface area contributed by atoms with E-state index >= 15 is 0 Å². The number of benzene rings is 1. The maximum absolute atomic E-state index is 13.0. The molecular weight excluding hydrogens is 231 g/mol. The number of carbonyl (C=O) groups is 1. The summed E-state index contributed by atoms with van der Waals surface area (Å²) in [6.07, 6.45) is 2.66. The van der Waals surface area contributed by atoms with Crippen LogP contribution in [0.25, 0.3) is 0 Å². The number of hydrogen-bond donors (Lipinski definition) is 1. The SMILES string of the molecule is NC1(C2CC2)CN(C(=O)Cc2cccc(F)c2)C1. The first-order valence-corrected chi connectivity index (χ1v) is 6.38. The lowest BCUT2D eigenvalue weighted by Crippen LogP contribution is -2.70. The van der Waals surface area contributed by atoms with Gasteiger partial charge in [-0.05, 0) is 36.5 Å². The molecule has 0 spiro atoms. The number of rotatable bonds is 3. The van der Waals surface area contributed by atoms with Crippen LogP contribution in [0, 0.1) is 11.7 Å². The summed E-state index contributed by atoms with van der Waals surface area (Å²) in [6, 6.07) is 6.20. The standard InChI is InChI=1S/C14H17FN2O/c15-12-3-1-2-10(6-12)7-13(18)17-8-14(16,9-17)11-4-5-11/h1-3,6,11H,4-5,7-9,16H2.